The monoisotopic (exact) mass is 590 g/mol. The van der Waals surface area contributed by atoms with Crippen LogP contribution < -0.4 is 0 Å². The predicted octanol–water partition coefficient (Wildman–Crippen LogP) is 10.4. The standard InChI is InChI=1S/C41H26N4O/c1-4-13-27(14-5-1)32-19-12-20-33-36(41-45(37(32)33)34-21-10-11-22-35(34)46-41)28-23-25-31(26-24-28)40-43-38(29-15-6-2-7-16-29)42-39(44-40)30-17-8-3-9-18-30/h1-26H. The number of hydrogen-bond donors (Lipinski definition) is 0. The highest BCUT2D eigenvalue weighted by Crippen LogP contribution is 2.43. The van der Waals surface area contributed by atoms with Crippen LogP contribution in [0.5, 0.6) is 0 Å². The third-order valence-corrected chi connectivity index (χ3v) is 8.47. The average Bonchev–Trinajstić information content (AvgIpc) is 3.67. The van der Waals surface area contributed by atoms with Crippen LogP contribution in [-0.4, -0.2) is 19.4 Å². The van der Waals surface area contributed by atoms with Crippen LogP contribution in [0.25, 0.3) is 84.1 Å². The van der Waals surface area contributed by atoms with Gasteiger partial charge in [-0.15, -0.1) is 0 Å². The molecule has 9 aromatic rings. The molecule has 0 amide bonds. The molecule has 0 saturated carbocycles. The van der Waals surface area contributed by atoms with Crippen LogP contribution in [0.15, 0.2) is 162 Å². The Balaban J connectivity index is 1.23. The van der Waals surface area contributed by atoms with Gasteiger partial charge in [-0.25, -0.2) is 15.0 Å². The molecular weight excluding hydrogens is 564 g/mol. The Hall–Kier alpha value is -6.33. The van der Waals surface area contributed by atoms with Gasteiger partial charge in [-0.2, -0.15) is 0 Å². The molecule has 9 rings (SSSR count). The van der Waals surface area contributed by atoms with Crippen LogP contribution in [0.4, 0.5) is 0 Å². The predicted molar refractivity (Wildman–Crippen MR) is 185 cm³/mol. The van der Waals surface area contributed by atoms with Crippen LogP contribution in [-0.2, 0) is 0 Å². The minimum Gasteiger partial charge on any atom is -0.438 e. The first kappa shape index (κ1) is 26.1. The quantitative estimate of drug-likeness (QED) is 0.200. The van der Waals surface area contributed by atoms with Gasteiger partial charge < -0.3 is 4.42 Å². The van der Waals surface area contributed by atoms with Gasteiger partial charge in [0.25, 0.3) is 0 Å². The van der Waals surface area contributed by atoms with Crippen LogP contribution in [0.1, 0.15) is 0 Å². The lowest BCUT2D eigenvalue weighted by Gasteiger charge is -2.09. The van der Waals surface area contributed by atoms with Gasteiger partial charge in [0.15, 0.2) is 23.1 Å². The highest BCUT2D eigenvalue weighted by atomic mass is 16.3. The largest absolute Gasteiger partial charge is 0.438 e. The highest BCUT2D eigenvalue weighted by Gasteiger charge is 2.22. The van der Waals surface area contributed by atoms with E-state index in [0.29, 0.717) is 17.5 Å². The Morgan fingerprint density at radius 2 is 0.913 bits per heavy atom. The SMILES string of the molecule is c1ccc(-c2nc(-c3ccccc3)nc(-c3ccc(-c4c5cccc(-c6ccccc6)c5n5c4oc4ccccc45)cc3)n2)cc1. The number of para-hydroxylation sites is 3. The summed E-state index contributed by atoms with van der Waals surface area (Å²) in [5.74, 6) is 1.91. The molecule has 0 atom stereocenters. The molecule has 5 nitrogen and oxygen atoms in total. The second-order valence-electron chi connectivity index (χ2n) is 11.3. The molecule has 0 unspecified atom stereocenters. The number of fused-ring (bicyclic) bond motifs is 5. The number of aromatic nitrogens is 4. The topological polar surface area (TPSA) is 56.2 Å². The molecule has 46 heavy (non-hydrogen) atoms. The van der Waals surface area contributed by atoms with E-state index in [-0.39, 0.29) is 0 Å². The number of oxazole rings is 1. The molecule has 5 heteroatoms. The number of rotatable bonds is 5. The van der Waals surface area contributed by atoms with Crippen molar-refractivity contribution >= 4 is 27.7 Å². The van der Waals surface area contributed by atoms with E-state index in [2.05, 4.69) is 89.3 Å². The minimum atomic E-state index is 0.626. The van der Waals surface area contributed by atoms with Gasteiger partial charge in [-0.3, -0.25) is 4.40 Å². The maximum atomic E-state index is 6.59. The lowest BCUT2D eigenvalue weighted by molar-refractivity contribution is 0.658. The van der Waals surface area contributed by atoms with Gasteiger partial charge >= 0.3 is 0 Å². The van der Waals surface area contributed by atoms with Gasteiger partial charge in [0.2, 0.25) is 5.71 Å². The van der Waals surface area contributed by atoms with E-state index in [1.807, 2.05) is 72.8 Å². The Labute approximate surface area is 265 Å². The molecule has 6 aromatic carbocycles. The van der Waals surface area contributed by atoms with Gasteiger partial charge in [0, 0.05) is 27.6 Å². The van der Waals surface area contributed by atoms with Crippen molar-refractivity contribution in [1.82, 2.24) is 19.4 Å². The maximum Gasteiger partial charge on any atom is 0.213 e. The average molecular weight is 591 g/mol. The lowest BCUT2D eigenvalue weighted by Crippen LogP contribution is -2.00. The van der Waals surface area contributed by atoms with E-state index >= 15 is 0 Å². The molecule has 0 bridgehead atoms. The summed E-state index contributed by atoms with van der Waals surface area (Å²) < 4.78 is 8.85. The van der Waals surface area contributed by atoms with Crippen molar-refractivity contribution in [2.75, 3.05) is 0 Å². The zero-order valence-corrected chi connectivity index (χ0v) is 24.7. The summed E-state index contributed by atoms with van der Waals surface area (Å²) in [6.07, 6.45) is 0. The second-order valence-corrected chi connectivity index (χ2v) is 11.3. The van der Waals surface area contributed by atoms with Crippen molar-refractivity contribution in [1.29, 1.82) is 0 Å². The van der Waals surface area contributed by atoms with Crippen LogP contribution >= 0.6 is 0 Å². The lowest BCUT2D eigenvalue weighted by atomic mass is 9.98. The Morgan fingerprint density at radius 3 is 1.52 bits per heavy atom. The van der Waals surface area contributed by atoms with Crippen LogP contribution in [0.2, 0.25) is 0 Å². The van der Waals surface area contributed by atoms with E-state index in [1.54, 1.807) is 0 Å². The molecule has 0 aliphatic heterocycles. The number of hydrogen-bond acceptors (Lipinski definition) is 4. The highest BCUT2D eigenvalue weighted by molar-refractivity contribution is 6.11. The molecule has 0 radical (unpaired) electrons. The minimum absolute atomic E-state index is 0.626. The Kier molecular flexibility index (Phi) is 6.06. The van der Waals surface area contributed by atoms with Crippen LogP contribution in [0.3, 0.4) is 0 Å². The first-order chi connectivity index (χ1) is 22.8. The van der Waals surface area contributed by atoms with Gasteiger partial charge in [0.05, 0.1) is 16.6 Å². The molecular formula is C41H26N4O. The third kappa shape index (κ3) is 4.29. The molecule has 0 aliphatic carbocycles. The zero-order valence-electron chi connectivity index (χ0n) is 24.7. The van der Waals surface area contributed by atoms with E-state index in [1.165, 1.54) is 0 Å². The molecule has 0 saturated heterocycles. The summed E-state index contributed by atoms with van der Waals surface area (Å²) in [6.45, 7) is 0. The summed E-state index contributed by atoms with van der Waals surface area (Å²) in [5.41, 5.74) is 11.1. The van der Waals surface area contributed by atoms with E-state index in [0.717, 1.165) is 66.7 Å². The fraction of sp³-hybridized carbons (Fsp3) is 0. The fourth-order valence-corrected chi connectivity index (χ4v) is 6.33. The summed E-state index contributed by atoms with van der Waals surface area (Å²) >= 11 is 0. The molecule has 0 spiro atoms. The summed E-state index contributed by atoms with van der Waals surface area (Å²) in [4.78, 5) is 14.7. The molecule has 216 valence electrons. The van der Waals surface area contributed by atoms with Crippen LogP contribution in [0, 0.1) is 0 Å². The number of nitrogens with zero attached hydrogens (tertiary/aromatic N) is 4. The van der Waals surface area contributed by atoms with E-state index in [9.17, 15) is 0 Å². The summed E-state index contributed by atoms with van der Waals surface area (Å²) in [5, 5.41) is 1.14. The Bertz CT molecular complexity index is 2440. The second kappa shape index (κ2) is 10.7. The summed E-state index contributed by atoms with van der Waals surface area (Å²) in [6, 6.07) is 53.8. The third-order valence-electron chi connectivity index (χ3n) is 8.47. The van der Waals surface area contributed by atoms with Gasteiger partial charge in [-0.1, -0.05) is 146 Å². The molecule has 0 aliphatic rings. The van der Waals surface area contributed by atoms with E-state index < -0.39 is 0 Å². The molecule has 0 N–H and O–H groups in total. The maximum absolute atomic E-state index is 6.59. The number of benzene rings is 6. The Morgan fingerprint density at radius 1 is 0.413 bits per heavy atom. The van der Waals surface area contributed by atoms with Crippen molar-refractivity contribution in [3.63, 3.8) is 0 Å². The van der Waals surface area contributed by atoms with Crippen molar-refractivity contribution in [2.24, 2.45) is 0 Å². The zero-order chi connectivity index (χ0) is 30.5. The van der Waals surface area contributed by atoms with Gasteiger partial charge in [-0.05, 0) is 23.3 Å². The molecule has 0 fully saturated rings. The fourth-order valence-electron chi connectivity index (χ4n) is 6.33. The first-order valence-electron chi connectivity index (χ1n) is 15.3. The van der Waals surface area contributed by atoms with E-state index in [4.69, 9.17) is 19.4 Å². The molecule has 3 aromatic heterocycles. The molecule has 3 heterocycles. The summed E-state index contributed by atoms with van der Waals surface area (Å²) in [7, 11) is 0. The van der Waals surface area contributed by atoms with Crippen molar-refractivity contribution in [2.45, 2.75) is 0 Å². The normalized spacial score (nSPS) is 11.5. The smallest absolute Gasteiger partial charge is 0.213 e. The van der Waals surface area contributed by atoms with Crippen molar-refractivity contribution < 1.29 is 4.42 Å². The van der Waals surface area contributed by atoms with Crippen molar-refractivity contribution in [3.05, 3.63) is 158 Å². The van der Waals surface area contributed by atoms with Crippen molar-refractivity contribution in [3.8, 4) is 56.4 Å². The first-order valence-corrected chi connectivity index (χ1v) is 15.3. The van der Waals surface area contributed by atoms with Gasteiger partial charge in [0.1, 0.15) is 0 Å².